The molecule has 2 unspecified atom stereocenters. The molecule has 3 aliphatic rings. The van der Waals surface area contributed by atoms with Crippen molar-refractivity contribution in [1.29, 1.82) is 0 Å². The zero-order chi connectivity index (χ0) is 22.8. The number of aliphatic hydroxyl groups excluding tert-OH is 5. The van der Waals surface area contributed by atoms with E-state index in [0.717, 1.165) is 5.56 Å². The molecule has 1 aromatic rings. The van der Waals surface area contributed by atoms with Gasteiger partial charge in [0.05, 0.1) is 24.7 Å². The average molecular weight is 448 g/mol. The van der Waals surface area contributed by atoms with Gasteiger partial charge in [-0.15, -0.1) is 0 Å². The summed E-state index contributed by atoms with van der Waals surface area (Å²) in [5.41, 5.74) is 0.822. The van der Waals surface area contributed by atoms with E-state index in [-0.39, 0.29) is 18.3 Å². The van der Waals surface area contributed by atoms with Crippen LogP contribution < -0.4 is 0 Å². The molecule has 1 aromatic carbocycles. The van der Waals surface area contributed by atoms with Crippen molar-refractivity contribution in [2.24, 2.45) is 11.8 Å². The van der Waals surface area contributed by atoms with Gasteiger partial charge in [-0.05, 0) is 24.1 Å². The van der Waals surface area contributed by atoms with Crippen LogP contribution in [0.25, 0.3) is 6.08 Å². The normalized spacial score (nSPS) is 39.5. The smallest absolute Gasteiger partial charge is 0.335 e. The molecule has 174 valence electrons. The molecule has 9 atom stereocenters. The molecular weight excluding hydrogens is 420 g/mol. The molecule has 0 saturated carbocycles. The Hall–Kier alpha value is -2.11. The Morgan fingerprint density at radius 2 is 1.81 bits per heavy atom. The van der Waals surface area contributed by atoms with Crippen molar-refractivity contribution in [3.63, 3.8) is 0 Å². The predicted molar refractivity (Wildman–Crippen MR) is 111 cm³/mol. The van der Waals surface area contributed by atoms with Crippen molar-refractivity contribution in [3.05, 3.63) is 53.8 Å². The first-order chi connectivity index (χ1) is 15.4. The second kappa shape index (κ2) is 9.80. The van der Waals surface area contributed by atoms with Gasteiger partial charge in [-0.1, -0.05) is 30.3 Å². The van der Waals surface area contributed by atoms with E-state index < -0.39 is 61.2 Å². The van der Waals surface area contributed by atoms with E-state index in [9.17, 15) is 30.3 Å². The molecule has 9 nitrogen and oxygen atoms in total. The van der Waals surface area contributed by atoms with Crippen LogP contribution in [-0.2, 0) is 19.0 Å². The Balaban J connectivity index is 1.52. The van der Waals surface area contributed by atoms with Gasteiger partial charge in [0.15, 0.2) is 0 Å². The number of ether oxygens (including phenoxy) is 3. The first-order valence-corrected chi connectivity index (χ1v) is 10.7. The number of carbonyl (C=O) groups excluding carboxylic acids is 1. The number of esters is 1. The van der Waals surface area contributed by atoms with Crippen molar-refractivity contribution < 1.29 is 44.5 Å². The molecule has 4 rings (SSSR count). The summed E-state index contributed by atoms with van der Waals surface area (Å²) in [6.07, 6.45) is -3.63. The van der Waals surface area contributed by atoms with Crippen LogP contribution >= 0.6 is 0 Å². The van der Waals surface area contributed by atoms with Crippen molar-refractivity contribution in [2.45, 2.75) is 49.1 Å². The van der Waals surface area contributed by atoms with Gasteiger partial charge in [0.2, 0.25) is 0 Å². The highest BCUT2D eigenvalue weighted by molar-refractivity contribution is 5.87. The van der Waals surface area contributed by atoms with Crippen LogP contribution in [0.3, 0.4) is 0 Å². The molecule has 2 saturated heterocycles. The van der Waals surface area contributed by atoms with E-state index in [1.807, 2.05) is 30.3 Å². The Morgan fingerprint density at radius 3 is 2.53 bits per heavy atom. The molecule has 0 radical (unpaired) electrons. The minimum Gasteiger partial charge on any atom is -0.428 e. The Labute approximate surface area is 185 Å². The van der Waals surface area contributed by atoms with Gasteiger partial charge >= 0.3 is 5.97 Å². The number of hydrogen-bond acceptors (Lipinski definition) is 9. The van der Waals surface area contributed by atoms with Gasteiger partial charge in [-0.25, -0.2) is 4.79 Å². The fraction of sp³-hybridized carbons (Fsp3) is 0.522. The Bertz CT molecular complexity index is 852. The largest absolute Gasteiger partial charge is 0.428 e. The van der Waals surface area contributed by atoms with Gasteiger partial charge in [0.25, 0.3) is 0 Å². The average Bonchev–Trinajstić information content (AvgIpc) is 3.12. The first kappa shape index (κ1) is 23.1. The third-order valence-electron chi connectivity index (χ3n) is 6.36. The summed E-state index contributed by atoms with van der Waals surface area (Å²) in [5, 5.41) is 50.8. The zero-order valence-corrected chi connectivity index (χ0v) is 17.3. The second-order valence-corrected chi connectivity index (χ2v) is 8.33. The van der Waals surface area contributed by atoms with E-state index in [1.54, 1.807) is 6.08 Å². The van der Waals surface area contributed by atoms with E-state index in [4.69, 9.17) is 14.2 Å². The summed E-state index contributed by atoms with van der Waals surface area (Å²) >= 11 is 0. The van der Waals surface area contributed by atoms with Crippen LogP contribution in [0.4, 0.5) is 0 Å². The lowest BCUT2D eigenvalue weighted by atomic mass is 9.78. The zero-order valence-electron chi connectivity index (χ0n) is 17.3. The number of carbonyl (C=O) groups is 1. The predicted octanol–water partition coefficient (Wildman–Crippen LogP) is -0.635. The molecule has 0 bridgehead atoms. The van der Waals surface area contributed by atoms with Crippen molar-refractivity contribution in [3.8, 4) is 0 Å². The molecular formula is C23H28O9. The maximum absolute atomic E-state index is 12.4. The maximum atomic E-state index is 12.4. The Morgan fingerprint density at radius 1 is 1.06 bits per heavy atom. The molecule has 0 amide bonds. The van der Waals surface area contributed by atoms with Crippen molar-refractivity contribution in [2.75, 3.05) is 13.2 Å². The summed E-state index contributed by atoms with van der Waals surface area (Å²) < 4.78 is 17.0. The number of aliphatic hydroxyl groups is 5. The lowest BCUT2D eigenvalue weighted by Gasteiger charge is -2.47. The summed E-state index contributed by atoms with van der Waals surface area (Å²) in [7, 11) is 0. The van der Waals surface area contributed by atoms with E-state index in [1.165, 1.54) is 12.2 Å². The lowest BCUT2D eigenvalue weighted by Crippen LogP contribution is -2.64. The van der Waals surface area contributed by atoms with Crippen LogP contribution in [0.1, 0.15) is 12.0 Å². The van der Waals surface area contributed by atoms with E-state index >= 15 is 0 Å². The quantitative estimate of drug-likeness (QED) is 0.293. The highest BCUT2D eigenvalue weighted by Crippen LogP contribution is 2.44. The molecule has 5 N–H and O–H groups in total. The van der Waals surface area contributed by atoms with Crippen LogP contribution in [0, 0.1) is 11.8 Å². The third-order valence-corrected chi connectivity index (χ3v) is 6.36. The standard InChI is InChI=1S/C23H28O9/c24-11-16-19(27)20(28)21(29)23(32-16)22-18-13(8-9-30-22)14(25)10-15(18)31-17(26)7-6-12-4-2-1-3-5-12/h1-7,10,13-14,16,18-25,27-29H,8-9,11H2/b7-6+/t13?,14-,16-,18?,19-,20+,21-,22-,23-/m1/s1. The maximum Gasteiger partial charge on any atom is 0.335 e. The highest BCUT2D eigenvalue weighted by atomic mass is 16.6. The minimum atomic E-state index is -1.55. The van der Waals surface area contributed by atoms with E-state index in [2.05, 4.69) is 0 Å². The van der Waals surface area contributed by atoms with Gasteiger partial charge in [0.1, 0.15) is 36.3 Å². The van der Waals surface area contributed by atoms with Gasteiger partial charge in [-0.2, -0.15) is 0 Å². The summed E-state index contributed by atoms with van der Waals surface area (Å²) in [5.74, 6) is -1.38. The lowest BCUT2D eigenvalue weighted by molar-refractivity contribution is -0.266. The summed E-state index contributed by atoms with van der Waals surface area (Å²) in [6, 6.07) is 9.22. The monoisotopic (exact) mass is 448 g/mol. The van der Waals surface area contributed by atoms with Crippen LogP contribution in [0.2, 0.25) is 0 Å². The summed E-state index contributed by atoms with van der Waals surface area (Å²) in [4.78, 5) is 12.4. The fourth-order valence-corrected chi connectivity index (χ4v) is 4.71. The highest BCUT2D eigenvalue weighted by Gasteiger charge is 2.54. The minimum absolute atomic E-state index is 0.201. The number of fused-ring (bicyclic) bond motifs is 1. The molecule has 2 fully saturated rings. The molecule has 0 aromatic heterocycles. The molecule has 9 heteroatoms. The van der Waals surface area contributed by atoms with E-state index in [0.29, 0.717) is 6.42 Å². The number of hydrogen-bond donors (Lipinski definition) is 5. The molecule has 2 heterocycles. The molecule has 2 aliphatic heterocycles. The van der Waals surface area contributed by atoms with Gasteiger partial charge in [-0.3, -0.25) is 0 Å². The van der Waals surface area contributed by atoms with Gasteiger partial charge < -0.3 is 39.7 Å². The number of benzene rings is 1. The van der Waals surface area contributed by atoms with Crippen LogP contribution in [0.15, 0.2) is 48.2 Å². The van der Waals surface area contributed by atoms with Crippen LogP contribution in [0.5, 0.6) is 0 Å². The number of rotatable bonds is 5. The van der Waals surface area contributed by atoms with Crippen molar-refractivity contribution >= 4 is 12.0 Å². The SMILES string of the molecule is O=C(/C=C/c1ccccc1)OC1=C[C@@H](O)C2CCO[C@@H]([C@@H]3O[C@H](CO)[C@@H](O)[C@H](O)[C@H]3O)C12. The fourth-order valence-electron chi connectivity index (χ4n) is 4.71. The topological polar surface area (TPSA) is 146 Å². The first-order valence-electron chi connectivity index (χ1n) is 10.7. The van der Waals surface area contributed by atoms with Gasteiger partial charge in [0, 0.05) is 18.6 Å². The van der Waals surface area contributed by atoms with Crippen LogP contribution in [-0.4, -0.2) is 87.4 Å². The summed E-state index contributed by atoms with van der Waals surface area (Å²) in [6.45, 7) is -0.298. The van der Waals surface area contributed by atoms with Crippen molar-refractivity contribution in [1.82, 2.24) is 0 Å². The molecule has 1 aliphatic carbocycles. The molecule has 32 heavy (non-hydrogen) atoms. The second-order valence-electron chi connectivity index (χ2n) is 8.33. The molecule has 0 spiro atoms. The Kier molecular flexibility index (Phi) is 7.06. The third kappa shape index (κ3) is 4.51.